The van der Waals surface area contributed by atoms with E-state index < -0.39 is 0 Å². The number of anilines is 1. The van der Waals surface area contributed by atoms with Crippen LogP contribution in [0.3, 0.4) is 0 Å². The van der Waals surface area contributed by atoms with Gasteiger partial charge in [0.05, 0.1) is 13.2 Å². The number of hydrogen-bond acceptors (Lipinski definition) is 8. The number of aliphatic hydroxyl groups excluding tert-OH is 1. The maximum absolute atomic E-state index is 14.7. The predicted molar refractivity (Wildman–Crippen MR) is 199 cm³/mol. The second kappa shape index (κ2) is 14.5. The standard InChI is InChI=1S/C42H56N4O6/c1-28-24-31(8-11-35(28)50-5)42-18-15-41(16-19-42,17-20-42)27-46(36-25-30(12-21-43-36)34-26-51-38(44-34)40(2,3)4)37(48)29-6-9-33(10-7-29)52-39(49)45-22-13-32(47)14-23-45/h8,11-12,21,24-26,29,32-33,47H,6-7,9-10,13-20,22-23,27H2,1-5H3. The summed E-state index contributed by atoms with van der Waals surface area (Å²) in [5, 5.41) is 9.83. The molecule has 2 aromatic heterocycles. The van der Waals surface area contributed by atoms with Gasteiger partial charge < -0.3 is 23.9 Å². The summed E-state index contributed by atoms with van der Waals surface area (Å²) in [6, 6.07) is 10.6. The smallest absolute Gasteiger partial charge is 0.410 e. The fourth-order valence-electron chi connectivity index (χ4n) is 9.14. The number of aryl methyl sites for hydroxylation is 1. The van der Waals surface area contributed by atoms with E-state index in [9.17, 15) is 14.7 Å². The van der Waals surface area contributed by atoms with Gasteiger partial charge in [0.2, 0.25) is 5.91 Å². The molecule has 10 heteroatoms. The number of aromatic nitrogens is 2. The van der Waals surface area contributed by atoms with Crippen LogP contribution in [-0.2, 0) is 20.4 Å². The summed E-state index contributed by atoms with van der Waals surface area (Å²) < 4.78 is 17.3. The van der Waals surface area contributed by atoms with Gasteiger partial charge in [-0.05, 0) is 124 Å². The van der Waals surface area contributed by atoms with Gasteiger partial charge in [-0.15, -0.1) is 0 Å². The van der Waals surface area contributed by atoms with Crippen LogP contribution < -0.4 is 9.64 Å². The highest BCUT2D eigenvalue weighted by Crippen LogP contribution is 2.58. The van der Waals surface area contributed by atoms with Crippen LogP contribution in [0.1, 0.15) is 115 Å². The van der Waals surface area contributed by atoms with E-state index in [0.29, 0.717) is 69.9 Å². The van der Waals surface area contributed by atoms with Crippen LogP contribution in [0.15, 0.2) is 47.2 Å². The average molecular weight is 713 g/mol. The van der Waals surface area contributed by atoms with E-state index in [1.165, 1.54) is 11.1 Å². The van der Waals surface area contributed by atoms with Crippen LogP contribution >= 0.6 is 0 Å². The van der Waals surface area contributed by atoms with Crippen molar-refractivity contribution in [2.45, 2.75) is 128 Å². The molecular weight excluding hydrogens is 656 g/mol. The summed E-state index contributed by atoms with van der Waals surface area (Å²) in [7, 11) is 1.73. The Morgan fingerprint density at radius 2 is 1.67 bits per heavy atom. The lowest BCUT2D eigenvalue weighted by Gasteiger charge is -2.55. The van der Waals surface area contributed by atoms with Crippen molar-refractivity contribution in [2.24, 2.45) is 11.3 Å². The first-order valence-corrected chi connectivity index (χ1v) is 19.4. The number of ether oxygens (including phenoxy) is 2. The molecule has 1 aromatic carbocycles. The molecule has 5 aliphatic rings. The first kappa shape index (κ1) is 36.4. The number of hydrogen-bond donors (Lipinski definition) is 1. The number of fused-ring (bicyclic) bond motifs is 3. The molecule has 3 aromatic rings. The summed E-state index contributed by atoms with van der Waals surface area (Å²) >= 11 is 0. The minimum absolute atomic E-state index is 0.0264. The van der Waals surface area contributed by atoms with Crippen LogP contribution in [0.25, 0.3) is 11.3 Å². The fourth-order valence-corrected chi connectivity index (χ4v) is 9.14. The third kappa shape index (κ3) is 7.45. The number of carbonyl (C=O) groups excluding carboxylic acids is 2. The molecule has 4 saturated carbocycles. The van der Waals surface area contributed by atoms with Crippen molar-refractivity contribution in [2.75, 3.05) is 31.6 Å². The zero-order valence-corrected chi connectivity index (χ0v) is 31.7. The Morgan fingerprint density at radius 3 is 2.29 bits per heavy atom. The number of piperidine rings is 1. The van der Waals surface area contributed by atoms with Gasteiger partial charge in [0.15, 0.2) is 5.89 Å². The molecule has 1 saturated heterocycles. The Balaban J connectivity index is 1.09. The number of carbonyl (C=O) groups is 2. The number of rotatable bonds is 8. The van der Waals surface area contributed by atoms with Crippen LogP contribution in [0.5, 0.6) is 5.75 Å². The van der Waals surface area contributed by atoms with Crippen molar-refractivity contribution in [3.63, 3.8) is 0 Å². The SMILES string of the molecule is COc1ccc(C23CCC(CN(C(=O)C4CCC(OC(=O)N5CCC(O)CC5)CC4)c4cc(-c5coc(C(C)(C)C)n5)ccn4)(CC2)CC3)cc1C. The monoisotopic (exact) mass is 712 g/mol. The van der Waals surface area contributed by atoms with E-state index in [0.717, 1.165) is 55.5 Å². The molecule has 1 N–H and O–H groups in total. The van der Waals surface area contributed by atoms with Crippen LogP contribution in [0, 0.1) is 18.3 Å². The maximum Gasteiger partial charge on any atom is 0.410 e. The second-order valence-corrected chi connectivity index (χ2v) is 17.2. The number of likely N-dealkylation sites (tertiary alicyclic amines) is 1. The number of amides is 2. The van der Waals surface area contributed by atoms with E-state index in [4.69, 9.17) is 23.9 Å². The molecule has 10 nitrogen and oxygen atoms in total. The zero-order valence-electron chi connectivity index (χ0n) is 31.7. The van der Waals surface area contributed by atoms with Crippen molar-refractivity contribution >= 4 is 17.8 Å². The molecule has 52 heavy (non-hydrogen) atoms. The van der Waals surface area contributed by atoms with Gasteiger partial charge in [0, 0.05) is 42.7 Å². The summed E-state index contributed by atoms with van der Waals surface area (Å²) in [4.78, 5) is 40.9. The van der Waals surface area contributed by atoms with Gasteiger partial charge in [0.25, 0.3) is 0 Å². The Bertz CT molecular complexity index is 1720. The highest BCUT2D eigenvalue weighted by Gasteiger charge is 2.51. The van der Waals surface area contributed by atoms with Crippen LogP contribution in [-0.4, -0.2) is 70.9 Å². The highest BCUT2D eigenvalue weighted by molar-refractivity contribution is 5.95. The van der Waals surface area contributed by atoms with Gasteiger partial charge in [-0.1, -0.05) is 32.9 Å². The van der Waals surface area contributed by atoms with E-state index in [1.54, 1.807) is 24.5 Å². The molecule has 0 radical (unpaired) electrons. The lowest BCUT2D eigenvalue weighted by Crippen LogP contribution is -2.52. The van der Waals surface area contributed by atoms with Gasteiger partial charge >= 0.3 is 6.09 Å². The number of benzene rings is 1. The Hall–Kier alpha value is -3.92. The predicted octanol–water partition coefficient (Wildman–Crippen LogP) is 8.13. The highest BCUT2D eigenvalue weighted by atomic mass is 16.6. The van der Waals surface area contributed by atoms with Gasteiger partial charge in [0.1, 0.15) is 29.6 Å². The third-order valence-corrected chi connectivity index (χ3v) is 12.6. The lowest BCUT2D eigenvalue weighted by atomic mass is 9.51. The van der Waals surface area contributed by atoms with Gasteiger partial charge in [-0.3, -0.25) is 9.69 Å². The molecule has 4 aliphatic carbocycles. The normalized spacial score (nSPS) is 26.6. The van der Waals surface area contributed by atoms with Crippen LogP contribution in [0.4, 0.5) is 10.6 Å². The van der Waals surface area contributed by atoms with Crippen molar-refractivity contribution in [1.29, 1.82) is 0 Å². The van der Waals surface area contributed by atoms with Crippen molar-refractivity contribution in [1.82, 2.24) is 14.9 Å². The molecule has 0 unspecified atom stereocenters. The lowest BCUT2D eigenvalue weighted by molar-refractivity contribution is -0.124. The number of pyridine rings is 1. The fraction of sp³-hybridized carbons (Fsp3) is 0.619. The van der Waals surface area contributed by atoms with Crippen LogP contribution in [0.2, 0.25) is 0 Å². The van der Waals surface area contributed by atoms with Crippen molar-refractivity contribution in [3.8, 4) is 17.0 Å². The topological polar surface area (TPSA) is 118 Å². The van der Waals surface area contributed by atoms with E-state index >= 15 is 0 Å². The first-order valence-electron chi connectivity index (χ1n) is 19.4. The number of methoxy groups -OCH3 is 1. The summed E-state index contributed by atoms with van der Waals surface area (Å²) in [6.07, 6.45) is 12.9. The van der Waals surface area contributed by atoms with Gasteiger partial charge in [-0.2, -0.15) is 0 Å². The number of oxazole rings is 1. The molecule has 2 bridgehead atoms. The summed E-state index contributed by atoms with van der Waals surface area (Å²) in [5.74, 6) is 2.20. The molecule has 3 heterocycles. The van der Waals surface area contributed by atoms with E-state index in [-0.39, 0.29) is 46.4 Å². The molecule has 0 spiro atoms. The quantitative estimate of drug-likeness (QED) is 0.249. The van der Waals surface area contributed by atoms with Crippen molar-refractivity contribution < 1.29 is 28.6 Å². The molecule has 280 valence electrons. The molecular formula is C42H56N4O6. The second-order valence-electron chi connectivity index (χ2n) is 17.2. The van der Waals surface area contributed by atoms with E-state index in [1.807, 2.05) is 17.0 Å². The third-order valence-electron chi connectivity index (χ3n) is 12.6. The summed E-state index contributed by atoms with van der Waals surface area (Å²) in [5.41, 5.74) is 4.18. The average Bonchev–Trinajstić information content (AvgIpc) is 3.67. The zero-order chi connectivity index (χ0) is 36.7. The Labute approximate surface area is 308 Å². The molecule has 5 fully saturated rings. The first-order chi connectivity index (χ1) is 24.9. The molecule has 1 aliphatic heterocycles. The number of aliphatic hydroxyl groups is 1. The van der Waals surface area contributed by atoms with Gasteiger partial charge in [-0.25, -0.2) is 14.8 Å². The van der Waals surface area contributed by atoms with E-state index in [2.05, 4.69) is 45.9 Å². The molecule has 2 amide bonds. The molecule has 0 atom stereocenters. The maximum atomic E-state index is 14.7. The minimum Gasteiger partial charge on any atom is -0.496 e. The largest absolute Gasteiger partial charge is 0.496 e. The Kier molecular flexibility index (Phi) is 10.1. The Morgan fingerprint density at radius 1 is 0.981 bits per heavy atom. The molecule has 8 rings (SSSR count). The van der Waals surface area contributed by atoms with Crippen molar-refractivity contribution in [3.05, 3.63) is 59.8 Å². The minimum atomic E-state index is -0.345. The number of nitrogens with zero attached hydrogens (tertiary/aromatic N) is 4. The summed E-state index contributed by atoms with van der Waals surface area (Å²) in [6.45, 7) is 10.0.